The molecule has 36 heavy (non-hydrogen) atoms. The van der Waals surface area contributed by atoms with Crippen molar-refractivity contribution < 1.29 is 31.4 Å². The van der Waals surface area contributed by atoms with E-state index in [0.29, 0.717) is 29.7 Å². The molecule has 1 atom stereocenters. The largest absolute Gasteiger partial charge is 0.492 e. The molecule has 0 unspecified atom stereocenters. The van der Waals surface area contributed by atoms with Gasteiger partial charge in [0.15, 0.2) is 0 Å². The fraction of sp³-hybridized carbons (Fsp3) is 0.231. The minimum atomic E-state index is -4.47. The summed E-state index contributed by atoms with van der Waals surface area (Å²) in [6, 6.07) is 14.5. The van der Waals surface area contributed by atoms with Crippen LogP contribution in [0.1, 0.15) is 16.7 Å². The number of hydrogen-bond acceptors (Lipinski definition) is 4. The molecule has 4 aromatic rings. The average molecular weight is 517 g/mol. The van der Waals surface area contributed by atoms with Gasteiger partial charge < -0.3 is 14.8 Å². The highest BCUT2D eigenvalue weighted by Gasteiger charge is 2.31. The smallest absolute Gasteiger partial charge is 0.416 e. The van der Waals surface area contributed by atoms with Gasteiger partial charge in [-0.15, -0.1) is 0 Å². The van der Waals surface area contributed by atoms with Crippen molar-refractivity contribution in [3.8, 4) is 16.9 Å². The average Bonchev–Trinajstić information content (AvgIpc) is 3.49. The van der Waals surface area contributed by atoms with Crippen LogP contribution in [0.3, 0.4) is 0 Å². The van der Waals surface area contributed by atoms with E-state index in [-0.39, 0.29) is 17.1 Å². The number of halogens is 3. The van der Waals surface area contributed by atoms with Crippen molar-refractivity contribution in [2.24, 2.45) is 0 Å². The molecule has 2 heterocycles. The zero-order valence-electron chi connectivity index (χ0n) is 19.0. The minimum absolute atomic E-state index is 0.107. The number of aliphatic hydroxyl groups is 1. The molecule has 1 aromatic heterocycles. The maximum absolute atomic E-state index is 13.5. The molecule has 0 saturated heterocycles. The molecular formula is C26H23F3N2O4S. The minimum Gasteiger partial charge on any atom is -0.492 e. The van der Waals surface area contributed by atoms with Gasteiger partial charge in [0.25, 0.3) is 0 Å². The Morgan fingerprint density at radius 1 is 1.06 bits per heavy atom. The Balaban J connectivity index is 1.46. The van der Waals surface area contributed by atoms with Crippen molar-refractivity contribution >= 4 is 20.9 Å². The number of aliphatic hydroxyl groups excluding tert-OH is 1. The van der Waals surface area contributed by atoms with Crippen LogP contribution >= 0.6 is 0 Å². The number of sulfonamides is 1. The molecule has 6 nitrogen and oxygen atoms in total. The number of aromatic nitrogens is 1. The van der Waals surface area contributed by atoms with Gasteiger partial charge in [-0.3, -0.25) is 0 Å². The number of aromatic amines is 1. The molecule has 3 aromatic carbocycles. The van der Waals surface area contributed by atoms with Crippen LogP contribution in [0, 0.1) is 0 Å². The highest BCUT2D eigenvalue weighted by molar-refractivity contribution is 7.89. The summed E-state index contributed by atoms with van der Waals surface area (Å²) in [6.45, 7) is -0.131. The number of rotatable bonds is 7. The third-order valence-corrected chi connectivity index (χ3v) is 7.79. The Hall–Kier alpha value is -3.34. The van der Waals surface area contributed by atoms with E-state index >= 15 is 0 Å². The van der Waals surface area contributed by atoms with Gasteiger partial charge in [-0.2, -0.15) is 13.2 Å². The molecule has 1 aliphatic heterocycles. The maximum Gasteiger partial charge on any atom is 0.416 e. The second-order valence-electron chi connectivity index (χ2n) is 8.70. The first-order valence-corrected chi connectivity index (χ1v) is 12.8. The van der Waals surface area contributed by atoms with E-state index in [1.165, 1.54) is 18.2 Å². The van der Waals surface area contributed by atoms with E-state index in [9.17, 15) is 26.7 Å². The van der Waals surface area contributed by atoms with Gasteiger partial charge >= 0.3 is 6.18 Å². The molecule has 1 aliphatic rings. The molecule has 0 amide bonds. The van der Waals surface area contributed by atoms with Crippen LogP contribution in [0.2, 0.25) is 0 Å². The molecule has 0 spiro atoms. The summed E-state index contributed by atoms with van der Waals surface area (Å²) in [5, 5.41) is 10.9. The Morgan fingerprint density at radius 2 is 1.81 bits per heavy atom. The number of nitrogens with one attached hydrogen (secondary N) is 2. The Bertz CT molecular complexity index is 1510. The molecule has 0 aliphatic carbocycles. The topological polar surface area (TPSA) is 91.4 Å². The number of benzene rings is 3. The Labute approximate surface area is 205 Å². The lowest BCUT2D eigenvalue weighted by Crippen LogP contribution is -2.39. The van der Waals surface area contributed by atoms with Crippen LogP contribution < -0.4 is 9.46 Å². The van der Waals surface area contributed by atoms with Gasteiger partial charge in [0.1, 0.15) is 10.6 Å². The van der Waals surface area contributed by atoms with Gasteiger partial charge in [-0.25, -0.2) is 13.1 Å². The summed E-state index contributed by atoms with van der Waals surface area (Å²) < 4.78 is 74.0. The SMILES string of the molecule is O=S(=O)(N[C@@H](CO)Cc1c[nH]c2ccccc12)c1cc(-c2ccc(C(F)(F)F)cc2)cc2c1OCC2. The molecule has 10 heteroatoms. The van der Waals surface area contributed by atoms with Crippen LogP contribution in [-0.4, -0.2) is 37.8 Å². The van der Waals surface area contributed by atoms with E-state index in [1.54, 1.807) is 12.3 Å². The van der Waals surface area contributed by atoms with Gasteiger partial charge in [0, 0.05) is 29.6 Å². The van der Waals surface area contributed by atoms with E-state index < -0.39 is 34.4 Å². The van der Waals surface area contributed by atoms with Crippen LogP contribution in [0.25, 0.3) is 22.0 Å². The molecule has 0 saturated carbocycles. The number of fused-ring (bicyclic) bond motifs is 2. The number of hydrogen-bond donors (Lipinski definition) is 3. The molecule has 0 bridgehead atoms. The fourth-order valence-corrected chi connectivity index (χ4v) is 5.92. The lowest BCUT2D eigenvalue weighted by atomic mass is 10.0. The summed E-state index contributed by atoms with van der Waals surface area (Å²) in [5.41, 5.74) is 2.55. The summed E-state index contributed by atoms with van der Waals surface area (Å²) in [6.07, 6.45) is -1.95. The van der Waals surface area contributed by atoms with E-state index in [2.05, 4.69) is 9.71 Å². The van der Waals surface area contributed by atoms with Gasteiger partial charge in [-0.05, 0) is 59.0 Å². The van der Waals surface area contributed by atoms with Crippen LogP contribution in [0.5, 0.6) is 5.75 Å². The van der Waals surface area contributed by atoms with Crippen molar-refractivity contribution in [1.29, 1.82) is 0 Å². The van der Waals surface area contributed by atoms with Crippen molar-refractivity contribution in [2.75, 3.05) is 13.2 Å². The maximum atomic E-state index is 13.5. The first-order chi connectivity index (χ1) is 17.2. The Kier molecular flexibility index (Phi) is 6.27. The number of alkyl halides is 3. The highest BCUT2D eigenvalue weighted by atomic mass is 32.2. The van der Waals surface area contributed by atoms with Crippen molar-refractivity contribution in [3.05, 3.63) is 83.6 Å². The van der Waals surface area contributed by atoms with Crippen LogP contribution in [0.15, 0.2) is 71.8 Å². The van der Waals surface area contributed by atoms with Crippen molar-refractivity contribution in [3.63, 3.8) is 0 Å². The van der Waals surface area contributed by atoms with Crippen LogP contribution in [-0.2, 0) is 29.0 Å². The first kappa shape index (κ1) is 24.4. The van der Waals surface area contributed by atoms with Crippen molar-refractivity contribution in [1.82, 2.24) is 9.71 Å². The predicted molar refractivity (Wildman–Crippen MR) is 129 cm³/mol. The zero-order valence-corrected chi connectivity index (χ0v) is 19.8. The fourth-order valence-electron chi connectivity index (χ4n) is 4.48. The van der Waals surface area contributed by atoms with E-state index in [4.69, 9.17) is 4.74 Å². The molecule has 0 fully saturated rings. The quantitative estimate of drug-likeness (QED) is 0.333. The molecule has 3 N–H and O–H groups in total. The normalized spacial score (nSPS) is 14.6. The third-order valence-electron chi connectivity index (χ3n) is 6.27. The molecule has 188 valence electrons. The number of para-hydroxylation sites is 1. The summed E-state index contributed by atoms with van der Waals surface area (Å²) in [5.74, 6) is 0.224. The van der Waals surface area contributed by atoms with E-state index in [0.717, 1.165) is 28.6 Å². The van der Waals surface area contributed by atoms with Gasteiger partial charge in [0.2, 0.25) is 10.0 Å². The van der Waals surface area contributed by atoms with Gasteiger partial charge in [-0.1, -0.05) is 30.3 Å². The predicted octanol–water partition coefficient (Wildman–Crippen LogP) is 4.67. The summed E-state index contributed by atoms with van der Waals surface area (Å²) >= 11 is 0. The standard InChI is InChI=1S/C26H23F3N2O4S/c27-26(28,29)20-7-5-16(6-8-20)18-11-17-9-10-35-25(17)24(13-18)36(33,34)31-21(15-32)12-19-14-30-23-4-2-1-3-22(19)23/h1-8,11,13-14,21,30-32H,9-10,12,15H2/t21-/m1/s1. The Morgan fingerprint density at radius 3 is 2.53 bits per heavy atom. The first-order valence-electron chi connectivity index (χ1n) is 11.3. The van der Waals surface area contributed by atoms with Gasteiger partial charge in [0.05, 0.1) is 18.8 Å². The lowest BCUT2D eigenvalue weighted by molar-refractivity contribution is -0.137. The molecule has 5 rings (SSSR count). The third kappa shape index (κ3) is 4.71. The monoisotopic (exact) mass is 516 g/mol. The van der Waals surface area contributed by atoms with Crippen LogP contribution in [0.4, 0.5) is 13.2 Å². The zero-order chi connectivity index (χ0) is 25.5. The van der Waals surface area contributed by atoms with Crippen molar-refractivity contribution in [2.45, 2.75) is 30.0 Å². The lowest BCUT2D eigenvalue weighted by Gasteiger charge is -2.18. The number of H-pyrrole nitrogens is 1. The molecule has 0 radical (unpaired) electrons. The molecular weight excluding hydrogens is 493 g/mol. The summed E-state index contributed by atoms with van der Waals surface area (Å²) in [4.78, 5) is 3.03. The summed E-state index contributed by atoms with van der Waals surface area (Å²) in [7, 11) is -4.14. The van der Waals surface area contributed by atoms with E-state index in [1.807, 2.05) is 24.3 Å². The second-order valence-corrected chi connectivity index (χ2v) is 10.4. The number of ether oxygens (including phenoxy) is 1. The second kappa shape index (κ2) is 9.27. The highest BCUT2D eigenvalue weighted by Crippen LogP contribution is 2.38.